The molecule has 11 nitrogen and oxygen atoms in total. The standard InChI is InChI=1S/C30H42N6O5/c1-21(2)32-25-5-4-12-31-26(25)34-15-17-36(18-16-34)29(41)24-8-6-23(7-9-24)28(40)35-13-10-22(11-14-35)27(39)33-30(3,19-37)20-38/h4-9,12,21-22,32,37-38H,10-11,13-20H2,1-3H3,(H,33,39). The largest absolute Gasteiger partial charge is 0.394 e. The summed E-state index contributed by atoms with van der Waals surface area (Å²) in [5.74, 6) is 0.198. The van der Waals surface area contributed by atoms with E-state index in [4.69, 9.17) is 0 Å². The average Bonchev–Trinajstić information content (AvgIpc) is 3.00. The van der Waals surface area contributed by atoms with Crippen molar-refractivity contribution in [2.45, 2.75) is 45.2 Å². The lowest BCUT2D eigenvalue weighted by Crippen LogP contribution is -2.54. The molecule has 2 aliphatic rings. The molecular weight excluding hydrogens is 524 g/mol. The Hall–Kier alpha value is -3.70. The van der Waals surface area contributed by atoms with E-state index in [1.165, 1.54) is 0 Å². The number of nitrogens with one attached hydrogen (secondary N) is 2. The van der Waals surface area contributed by atoms with Gasteiger partial charge in [0.15, 0.2) is 5.82 Å². The van der Waals surface area contributed by atoms with Crippen LogP contribution in [0, 0.1) is 5.92 Å². The van der Waals surface area contributed by atoms with Crippen molar-refractivity contribution < 1.29 is 24.6 Å². The molecular formula is C30H42N6O5. The summed E-state index contributed by atoms with van der Waals surface area (Å²) in [5.41, 5.74) is 0.968. The van der Waals surface area contributed by atoms with E-state index in [0.29, 0.717) is 63.2 Å². The van der Waals surface area contributed by atoms with Gasteiger partial charge in [0.05, 0.1) is 24.4 Å². The van der Waals surface area contributed by atoms with Crippen LogP contribution in [0.3, 0.4) is 0 Å². The fourth-order valence-corrected chi connectivity index (χ4v) is 5.19. The SMILES string of the molecule is CC(C)Nc1cccnc1N1CCN(C(=O)c2ccc(C(=O)N3CCC(C(=O)NC(C)(CO)CO)CC3)cc2)CC1. The van der Waals surface area contributed by atoms with Crippen LogP contribution in [0.15, 0.2) is 42.6 Å². The smallest absolute Gasteiger partial charge is 0.253 e. The summed E-state index contributed by atoms with van der Waals surface area (Å²) in [6.45, 7) is 8.43. The van der Waals surface area contributed by atoms with Gasteiger partial charge in [0.25, 0.3) is 11.8 Å². The highest BCUT2D eigenvalue weighted by atomic mass is 16.3. The Kier molecular flexibility index (Phi) is 9.82. The van der Waals surface area contributed by atoms with Crippen molar-refractivity contribution >= 4 is 29.2 Å². The van der Waals surface area contributed by atoms with E-state index in [9.17, 15) is 24.6 Å². The van der Waals surface area contributed by atoms with Gasteiger partial charge in [-0.05, 0) is 70.0 Å². The molecule has 2 saturated heterocycles. The minimum absolute atomic E-state index is 0.0604. The number of likely N-dealkylation sites (tertiary alicyclic amines) is 1. The summed E-state index contributed by atoms with van der Waals surface area (Å²) in [6.07, 6.45) is 2.79. The van der Waals surface area contributed by atoms with Crippen LogP contribution >= 0.6 is 0 Å². The number of rotatable bonds is 9. The topological polar surface area (TPSA) is 138 Å². The Labute approximate surface area is 241 Å². The Morgan fingerprint density at radius 1 is 0.902 bits per heavy atom. The Morgan fingerprint density at radius 2 is 1.44 bits per heavy atom. The molecule has 41 heavy (non-hydrogen) atoms. The van der Waals surface area contributed by atoms with E-state index in [-0.39, 0.29) is 42.9 Å². The maximum Gasteiger partial charge on any atom is 0.253 e. The third-order valence-electron chi connectivity index (χ3n) is 7.75. The molecule has 0 spiro atoms. The highest BCUT2D eigenvalue weighted by molar-refractivity contribution is 5.98. The lowest BCUT2D eigenvalue weighted by Gasteiger charge is -2.36. The van der Waals surface area contributed by atoms with Crippen LogP contribution in [-0.2, 0) is 4.79 Å². The van der Waals surface area contributed by atoms with Crippen LogP contribution in [0.4, 0.5) is 11.5 Å². The molecule has 0 saturated carbocycles. The van der Waals surface area contributed by atoms with Gasteiger partial charge < -0.3 is 35.5 Å². The highest BCUT2D eigenvalue weighted by Gasteiger charge is 2.32. The predicted octanol–water partition coefficient (Wildman–Crippen LogP) is 1.58. The van der Waals surface area contributed by atoms with Gasteiger partial charge in [0.2, 0.25) is 5.91 Å². The molecule has 2 aromatic rings. The quantitative estimate of drug-likeness (QED) is 0.359. The van der Waals surface area contributed by atoms with E-state index in [1.54, 1.807) is 42.3 Å². The van der Waals surface area contributed by atoms with E-state index in [1.807, 2.05) is 17.0 Å². The first-order valence-corrected chi connectivity index (χ1v) is 14.3. The van der Waals surface area contributed by atoms with Gasteiger partial charge in [-0.25, -0.2) is 4.98 Å². The summed E-state index contributed by atoms with van der Waals surface area (Å²) >= 11 is 0. The van der Waals surface area contributed by atoms with Crippen LogP contribution in [0.1, 0.15) is 54.3 Å². The fraction of sp³-hybridized carbons (Fsp3) is 0.533. The number of anilines is 2. The lowest BCUT2D eigenvalue weighted by atomic mass is 9.93. The minimum Gasteiger partial charge on any atom is -0.394 e. The van der Waals surface area contributed by atoms with Gasteiger partial charge in [0, 0.05) is 68.6 Å². The molecule has 4 N–H and O–H groups in total. The van der Waals surface area contributed by atoms with Gasteiger partial charge in [-0.2, -0.15) is 0 Å². The lowest BCUT2D eigenvalue weighted by molar-refractivity contribution is -0.129. The Bertz CT molecular complexity index is 1200. The van der Waals surface area contributed by atoms with Crippen molar-refractivity contribution in [2.24, 2.45) is 5.92 Å². The maximum atomic E-state index is 13.2. The Balaban J connectivity index is 1.28. The number of carbonyl (C=O) groups excluding carboxylic acids is 3. The third-order valence-corrected chi connectivity index (χ3v) is 7.75. The second-order valence-corrected chi connectivity index (χ2v) is 11.5. The number of hydrogen-bond donors (Lipinski definition) is 4. The molecule has 0 radical (unpaired) electrons. The number of benzene rings is 1. The number of amides is 3. The summed E-state index contributed by atoms with van der Waals surface area (Å²) in [4.78, 5) is 49.2. The van der Waals surface area contributed by atoms with Gasteiger partial charge in [-0.1, -0.05) is 0 Å². The number of piperazine rings is 1. The molecule has 1 aromatic carbocycles. The molecule has 0 unspecified atom stereocenters. The van der Waals surface area contributed by atoms with E-state index < -0.39 is 5.54 Å². The molecule has 222 valence electrons. The number of piperidine rings is 1. The van der Waals surface area contributed by atoms with E-state index >= 15 is 0 Å². The number of carbonyl (C=O) groups is 3. The second-order valence-electron chi connectivity index (χ2n) is 11.5. The molecule has 11 heteroatoms. The number of aliphatic hydroxyl groups is 2. The summed E-state index contributed by atoms with van der Waals surface area (Å²) in [6, 6.07) is 11.0. The average molecular weight is 567 g/mol. The van der Waals surface area contributed by atoms with Gasteiger partial charge in [-0.3, -0.25) is 14.4 Å². The zero-order chi connectivity index (χ0) is 29.6. The summed E-state index contributed by atoms with van der Waals surface area (Å²) < 4.78 is 0. The first-order valence-electron chi connectivity index (χ1n) is 14.3. The van der Waals surface area contributed by atoms with Crippen LogP contribution in [0.25, 0.3) is 0 Å². The molecule has 0 aliphatic carbocycles. The third kappa shape index (κ3) is 7.34. The molecule has 3 amide bonds. The van der Waals surface area contributed by atoms with Crippen molar-refractivity contribution in [1.29, 1.82) is 0 Å². The molecule has 4 rings (SSSR count). The highest BCUT2D eigenvalue weighted by Crippen LogP contribution is 2.25. The van der Waals surface area contributed by atoms with Gasteiger partial charge >= 0.3 is 0 Å². The van der Waals surface area contributed by atoms with Gasteiger partial charge in [-0.15, -0.1) is 0 Å². The number of aliphatic hydroxyl groups excluding tert-OH is 2. The molecule has 0 atom stereocenters. The number of hydrogen-bond acceptors (Lipinski definition) is 8. The second kappa shape index (κ2) is 13.3. The maximum absolute atomic E-state index is 13.2. The van der Waals surface area contributed by atoms with Crippen LogP contribution in [-0.4, -0.2) is 107 Å². The Morgan fingerprint density at radius 3 is 1.95 bits per heavy atom. The van der Waals surface area contributed by atoms with Crippen LogP contribution in [0.2, 0.25) is 0 Å². The first-order chi connectivity index (χ1) is 19.6. The predicted molar refractivity (Wildman–Crippen MR) is 157 cm³/mol. The number of nitrogens with zero attached hydrogens (tertiary/aromatic N) is 4. The van der Waals surface area contributed by atoms with Gasteiger partial charge in [0.1, 0.15) is 0 Å². The van der Waals surface area contributed by atoms with Crippen molar-refractivity contribution in [2.75, 3.05) is 62.7 Å². The minimum atomic E-state index is -1.07. The molecule has 2 aliphatic heterocycles. The van der Waals surface area contributed by atoms with E-state index in [0.717, 1.165) is 11.5 Å². The first kappa shape index (κ1) is 30.3. The van der Waals surface area contributed by atoms with Crippen molar-refractivity contribution in [1.82, 2.24) is 20.1 Å². The monoisotopic (exact) mass is 566 g/mol. The summed E-state index contributed by atoms with van der Waals surface area (Å²) in [5, 5.41) is 25.0. The van der Waals surface area contributed by atoms with Crippen LogP contribution < -0.4 is 15.5 Å². The fourth-order valence-electron chi connectivity index (χ4n) is 5.19. The number of pyridine rings is 1. The molecule has 3 heterocycles. The molecule has 0 bridgehead atoms. The zero-order valence-corrected chi connectivity index (χ0v) is 24.2. The van der Waals surface area contributed by atoms with Crippen molar-refractivity contribution in [3.05, 3.63) is 53.7 Å². The molecule has 1 aromatic heterocycles. The van der Waals surface area contributed by atoms with Crippen molar-refractivity contribution in [3.63, 3.8) is 0 Å². The van der Waals surface area contributed by atoms with Crippen LogP contribution in [0.5, 0.6) is 0 Å². The zero-order valence-electron chi connectivity index (χ0n) is 24.2. The normalized spacial score (nSPS) is 16.6. The molecule has 2 fully saturated rings. The number of aromatic nitrogens is 1. The summed E-state index contributed by atoms with van der Waals surface area (Å²) in [7, 11) is 0. The van der Waals surface area contributed by atoms with Crippen molar-refractivity contribution in [3.8, 4) is 0 Å². The van der Waals surface area contributed by atoms with E-state index in [2.05, 4.69) is 34.4 Å².